The van der Waals surface area contributed by atoms with Crippen LogP contribution in [-0.4, -0.2) is 39.6 Å². The molecule has 6 rings (SSSR count). The van der Waals surface area contributed by atoms with Gasteiger partial charge in [0.2, 0.25) is 5.91 Å². The number of carbonyl (C=O) groups excluding carboxylic acids is 1. The molecule has 1 heterocycles. The Hall–Kier alpha value is -3.04. The minimum absolute atomic E-state index is 0.0741. The van der Waals surface area contributed by atoms with Gasteiger partial charge in [-0.05, 0) is 90.9 Å². The Morgan fingerprint density at radius 3 is 2.07 bits per heavy atom. The van der Waals surface area contributed by atoms with E-state index < -0.39 is 17.3 Å². The molecule has 1 aliphatic heterocycles. The number of amides is 1. The summed E-state index contributed by atoms with van der Waals surface area (Å²) in [4.78, 5) is 12.3. The van der Waals surface area contributed by atoms with Gasteiger partial charge in [0.05, 0.1) is 27.7 Å². The van der Waals surface area contributed by atoms with Gasteiger partial charge in [-0.25, -0.2) is 0 Å². The summed E-state index contributed by atoms with van der Waals surface area (Å²) < 4.78 is 15.4. The van der Waals surface area contributed by atoms with Crippen LogP contribution in [0.5, 0.6) is 0 Å². The van der Waals surface area contributed by atoms with Gasteiger partial charge in [0.1, 0.15) is 0 Å². The summed E-state index contributed by atoms with van der Waals surface area (Å²) in [6.45, 7) is 1.21. The molecule has 0 aromatic heterocycles. The van der Waals surface area contributed by atoms with Gasteiger partial charge in [-0.2, -0.15) is 0 Å². The molecule has 0 bridgehead atoms. The molecule has 1 atom stereocenters. The quantitative estimate of drug-likeness (QED) is 0.201. The van der Waals surface area contributed by atoms with Crippen LogP contribution >= 0.6 is 34.8 Å². The molecule has 1 amide bonds. The second-order valence-electron chi connectivity index (χ2n) is 11.6. The Morgan fingerprint density at radius 2 is 1.51 bits per heavy atom. The lowest BCUT2D eigenvalue weighted by Gasteiger charge is -2.34. The first-order valence-corrected chi connectivity index (χ1v) is 17.2. The van der Waals surface area contributed by atoms with Gasteiger partial charge in [0.25, 0.3) is 0 Å². The van der Waals surface area contributed by atoms with Crippen LogP contribution < -0.4 is 11.1 Å². The number of rotatable bonds is 9. The summed E-state index contributed by atoms with van der Waals surface area (Å²) in [7, 11) is 0. The first-order valence-electron chi connectivity index (χ1n) is 14.9. The number of hydrogen-bond donors (Lipinski definition) is 3. The Balaban J connectivity index is 1.30. The van der Waals surface area contributed by atoms with Crippen LogP contribution in [0.15, 0.2) is 107 Å². The van der Waals surface area contributed by atoms with E-state index in [0.717, 1.165) is 53.7 Å². The predicted molar refractivity (Wildman–Crippen MR) is 184 cm³/mol. The molecule has 2 fully saturated rings. The van der Waals surface area contributed by atoms with Crippen molar-refractivity contribution in [2.24, 2.45) is 11.7 Å². The van der Waals surface area contributed by atoms with E-state index in [1.54, 1.807) is 12.1 Å². The molecule has 2 aliphatic carbocycles. The van der Waals surface area contributed by atoms with Crippen molar-refractivity contribution in [1.29, 1.82) is 5.41 Å². The Labute approximate surface area is 281 Å². The highest BCUT2D eigenvalue weighted by Crippen LogP contribution is 2.39. The third kappa shape index (κ3) is 7.35. The number of primary amides is 1. The highest BCUT2D eigenvalue weighted by Gasteiger charge is 2.34. The molecular weight excluding hydrogens is 647 g/mol. The molecule has 6 nitrogen and oxygen atoms in total. The number of halogens is 3. The van der Waals surface area contributed by atoms with Crippen molar-refractivity contribution in [1.82, 2.24) is 9.62 Å². The van der Waals surface area contributed by atoms with Crippen molar-refractivity contribution in [3.8, 4) is 0 Å². The van der Waals surface area contributed by atoms with Crippen LogP contribution in [-0.2, 0) is 11.4 Å². The zero-order valence-electron chi connectivity index (χ0n) is 24.4. The number of allylic oxidation sites excluding steroid dienone is 6. The summed E-state index contributed by atoms with van der Waals surface area (Å²) in [5, 5.41) is 14.4. The van der Waals surface area contributed by atoms with Crippen molar-refractivity contribution in [3.05, 3.63) is 134 Å². The summed E-state index contributed by atoms with van der Waals surface area (Å²) in [5.74, 6) is -0.546. The first kappa shape index (κ1) is 31.9. The topological polar surface area (TPSA) is 105 Å². The fraction of sp³-hybridized carbons (Fsp3) is 0.257. The third-order valence-corrected chi connectivity index (χ3v) is 10.8. The summed E-state index contributed by atoms with van der Waals surface area (Å²) in [6, 6.07) is 21.0. The normalized spacial score (nSPS) is 19.4. The zero-order chi connectivity index (χ0) is 31.7. The summed E-state index contributed by atoms with van der Waals surface area (Å²) >= 11 is 17.2. The number of benzene rings is 3. The van der Waals surface area contributed by atoms with Gasteiger partial charge in [0.15, 0.2) is 4.90 Å². The van der Waals surface area contributed by atoms with Crippen molar-refractivity contribution in [2.45, 2.75) is 42.5 Å². The number of nitrogens with one attached hydrogen (secondary N) is 2. The maximum absolute atomic E-state index is 13.5. The molecule has 1 unspecified atom stereocenters. The second-order valence-corrected chi connectivity index (χ2v) is 14.4. The molecule has 4 N–H and O–H groups in total. The van der Waals surface area contributed by atoms with Gasteiger partial charge < -0.3 is 21.0 Å². The van der Waals surface area contributed by atoms with Gasteiger partial charge in [-0.1, -0.05) is 65.1 Å². The van der Waals surface area contributed by atoms with E-state index in [9.17, 15) is 9.35 Å². The van der Waals surface area contributed by atoms with Crippen LogP contribution in [0.3, 0.4) is 0 Å². The molecule has 3 aliphatic rings. The highest BCUT2D eigenvalue weighted by molar-refractivity contribution is 7.89. The van der Waals surface area contributed by atoms with Crippen LogP contribution in [0, 0.1) is 11.3 Å². The van der Waals surface area contributed by atoms with E-state index in [2.05, 4.69) is 11.4 Å². The van der Waals surface area contributed by atoms with Gasteiger partial charge in [-0.3, -0.25) is 4.79 Å². The number of hydrogen-bond acceptors (Lipinski definition) is 5. The molecule has 10 heteroatoms. The minimum atomic E-state index is -1.45. The SMILES string of the molecule is N=C1C=CC(C(c2ccc(Cl)cc2)c2ccc(Cl)cc2)=C/C1=C(/NC1CC1)C1CCN([S+]([O-])c2ccc(Cl)c(C(N)=O)c2)CC1. The lowest BCUT2D eigenvalue weighted by atomic mass is 9.80. The lowest BCUT2D eigenvalue weighted by Crippen LogP contribution is -2.41. The summed E-state index contributed by atoms with van der Waals surface area (Å²) in [5.41, 5.74) is 11.4. The average Bonchev–Trinajstić information content (AvgIpc) is 3.87. The van der Waals surface area contributed by atoms with E-state index in [1.807, 2.05) is 65.0 Å². The van der Waals surface area contributed by atoms with E-state index in [0.29, 0.717) is 39.8 Å². The Bertz CT molecular complexity index is 1650. The van der Waals surface area contributed by atoms with Crippen LogP contribution in [0.25, 0.3) is 0 Å². The van der Waals surface area contributed by atoms with Crippen LogP contribution in [0.1, 0.15) is 53.1 Å². The monoisotopic (exact) mass is 678 g/mol. The number of nitrogens with zero attached hydrogens (tertiary/aromatic N) is 1. The summed E-state index contributed by atoms with van der Waals surface area (Å²) in [6.07, 6.45) is 9.85. The zero-order valence-corrected chi connectivity index (χ0v) is 27.5. The molecule has 45 heavy (non-hydrogen) atoms. The molecule has 3 aromatic carbocycles. The van der Waals surface area contributed by atoms with Crippen LogP contribution in [0.4, 0.5) is 0 Å². The largest absolute Gasteiger partial charge is 0.593 e. The third-order valence-electron chi connectivity index (χ3n) is 8.51. The molecule has 3 aromatic rings. The fourth-order valence-corrected chi connectivity index (χ4v) is 7.68. The van der Waals surface area contributed by atoms with Gasteiger partial charge >= 0.3 is 0 Å². The van der Waals surface area contributed by atoms with Gasteiger partial charge in [0, 0.05) is 58.3 Å². The predicted octanol–water partition coefficient (Wildman–Crippen LogP) is 7.83. The van der Waals surface area contributed by atoms with Crippen molar-refractivity contribution in [2.75, 3.05) is 13.1 Å². The van der Waals surface area contributed by atoms with E-state index >= 15 is 0 Å². The molecule has 1 saturated carbocycles. The van der Waals surface area contributed by atoms with E-state index in [1.165, 1.54) is 6.07 Å². The van der Waals surface area contributed by atoms with Crippen molar-refractivity contribution in [3.63, 3.8) is 0 Å². The standard InChI is InChI=1S/C35H33Cl3N4O2S/c36-25-6-1-21(2-7-25)33(22-3-8-26(37)9-4-22)24-5-14-32(39)30(19-24)34(41-27-10-11-27)23-15-17-42(18-16-23)45(44)28-12-13-31(38)29(20-28)35(40)43/h1-9,12-14,19-20,23,27,33,39,41H,10-11,15-18H2,(H2,40,43)/b34-30-,39-32?. The van der Waals surface area contributed by atoms with E-state index in [4.69, 9.17) is 45.9 Å². The lowest BCUT2D eigenvalue weighted by molar-refractivity contribution is 0.1000. The molecule has 1 saturated heterocycles. The number of piperidine rings is 1. The second kappa shape index (κ2) is 13.8. The maximum atomic E-state index is 13.5. The maximum Gasteiger partial charge on any atom is 0.250 e. The van der Waals surface area contributed by atoms with Crippen LogP contribution in [0.2, 0.25) is 15.1 Å². The van der Waals surface area contributed by atoms with E-state index in [-0.39, 0.29) is 22.4 Å². The first-order chi connectivity index (χ1) is 21.7. The number of carbonyl (C=O) groups is 1. The molecular formula is C35H33Cl3N4O2S. The van der Waals surface area contributed by atoms with Gasteiger partial charge in [-0.15, -0.1) is 4.31 Å². The molecule has 0 radical (unpaired) electrons. The number of nitrogens with two attached hydrogens (primary N) is 1. The Morgan fingerprint density at radius 1 is 0.911 bits per heavy atom. The Kier molecular flexibility index (Phi) is 9.76. The van der Waals surface area contributed by atoms with Crippen molar-refractivity contribution < 1.29 is 9.35 Å². The van der Waals surface area contributed by atoms with Crippen molar-refractivity contribution >= 4 is 57.8 Å². The molecule has 232 valence electrons. The fourth-order valence-electron chi connectivity index (χ4n) is 5.98. The average molecular weight is 680 g/mol. The minimum Gasteiger partial charge on any atom is -0.593 e. The smallest absolute Gasteiger partial charge is 0.250 e. The highest BCUT2D eigenvalue weighted by atomic mass is 35.5. The molecule has 0 spiro atoms.